The van der Waals surface area contributed by atoms with Crippen LogP contribution in [-0.2, 0) is 16.6 Å². The van der Waals surface area contributed by atoms with Crippen molar-refractivity contribution in [3.05, 3.63) is 44.6 Å². The van der Waals surface area contributed by atoms with Crippen molar-refractivity contribution in [2.24, 2.45) is 0 Å². The standard InChI is InChI=1S/C19H24BrN3O3S2/c1-22(2)28(25,26)15-7-8-17(23-10-4-3-5-11-23)16(12-15)19(24)21-13-14-6-9-18(20)27-14/h6-9,12H,3-5,10-11,13H2,1-2H3,(H,21,24). The summed E-state index contributed by atoms with van der Waals surface area (Å²) < 4.78 is 27.3. The number of benzene rings is 1. The normalized spacial score (nSPS) is 15.1. The summed E-state index contributed by atoms with van der Waals surface area (Å²) in [6, 6.07) is 8.74. The van der Waals surface area contributed by atoms with Crippen molar-refractivity contribution < 1.29 is 13.2 Å². The quantitative estimate of drug-likeness (QED) is 0.677. The van der Waals surface area contributed by atoms with Crippen LogP contribution in [0.15, 0.2) is 39.0 Å². The summed E-state index contributed by atoms with van der Waals surface area (Å²) in [5.74, 6) is -0.263. The van der Waals surface area contributed by atoms with E-state index >= 15 is 0 Å². The van der Waals surface area contributed by atoms with Crippen LogP contribution in [0.4, 0.5) is 5.69 Å². The average molecular weight is 486 g/mol. The molecule has 0 spiro atoms. The van der Waals surface area contributed by atoms with Gasteiger partial charge in [0.05, 0.1) is 20.8 Å². The van der Waals surface area contributed by atoms with Gasteiger partial charge in [0.2, 0.25) is 10.0 Å². The number of hydrogen-bond donors (Lipinski definition) is 1. The third kappa shape index (κ3) is 4.76. The van der Waals surface area contributed by atoms with Crippen molar-refractivity contribution in [3.63, 3.8) is 0 Å². The van der Waals surface area contributed by atoms with E-state index in [2.05, 4.69) is 26.1 Å². The number of hydrogen-bond acceptors (Lipinski definition) is 5. The molecule has 0 atom stereocenters. The predicted molar refractivity (Wildman–Crippen MR) is 117 cm³/mol. The fraction of sp³-hybridized carbons (Fsp3) is 0.421. The second kappa shape index (κ2) is 8.94. The van der Waals surface area contributed by atoms with Gasteiger partial charge in [-0.3, -0.25) is 4.79 Å². The number of thiophene rings is 1. The minimum atomic E-state index is -3.61. The van der Waals surface area contributed by atoms with Gasteiger partial charge in [-0.2, -0.15) is 0 Å². The molecule has 0 aliphatic carbocycles. The Hall–Kier alpha value is -1.42. The number of rotatable bonds is 6. The van der Waals surface area contributed by atoms with Crippen molar-refractivity contribution in [1.82, 2.24) is 9.62 Å². The Morgan fingerprint density at radius 3 is 2.50 bits per heavy atom. The van der Waals surface area contributed by atoms with E-state index in [9.17, 15) is 13.2 Å². The number of nitrogens with one attached hydrogen (secondary N) is 1. The summed E-state index contributed by atoms with van der Waals surface area (Å²) in [4.78, 5) is 16.3. The lowest BCUT2D eigenvalue weighted by Crippen LogP contribution is -2.33. The van der Waals surface area contributed by atoms with Gasteiger partial charge in [0.1, 0.15) is 0 Å². The molecule has 152 valence electrons. The Kier molecular flexibility index (Phi) is 6.80. The van der Waals surface area contributed by atoms with Crippen LogP contribution in [0.1, 0.15) is 34.5 Å². The first-order valence-corrected chi connectivity index (χ1v) is 12.2. The van der Waals surface area contributed by atoms with Gasteiger partial charge >= 0.3 is 0 Å². The zero-order valence-corrected chi connectivity index (χ0v) is 19.2. The van der Waals surface area contributed by atoms with Crippen LogP contribution in [0.3, 0.4) is 0 Å². The molecule has 1 saturated heterocycles. The highest BCUT2D eigenvalue weighted by Gasteiger charge is 2.24. The van der Waals surface area contributed by atoms with Gasteiger partial charge in [0.25, 0.3) is 5.91 Å². The first-order valence-electron chi connectivity index (χ1n) is 9.13. The fourth-order valence-electron chi connectivity index (χ4n) is 3.19. The lowest BCUT2D eigenvalue weighted by Gasteiger charge is -2.30. The van der Waals surface area contributed by atoms with Crippen molar-refractivity contribution in [2.45, 2.75) is 30.7 Å². The molecule has 3 rings (SSSR count). The topological polar surface area (TPSA) is 69.7 Å². The van der Waals surface area contributed by atoms with Gasteiger partial charge < -0.3 is 10.2 Å². The molecule has 0 bridgehead atoms. The minimum absolute atomic E-state index is 0.127. The Morgan fingerprint density at radius 2 is 1.89 bits per heavy atom. The van der Waals surface area contributed by atoms with Crippen LogP contribution >= 0.6 is 27.3 Å². The van der Waals surface area contributed by atoms with Gasteiger partial charge in [0.15, 0.2) is 0 Å². The molecule has 1 aliphatic rings. The lowest BCUT2D eigenvalue weighted by molar-refractivity contribution is 0.0951. The van der Waals surface area contributed by atoms with E-state index < -0.39 is 10.0 Å². The van der Waals surface area contributed by atoms with E-state index in [-0.39, 0.29) is 10.8 Å². The van der Waals surface area contributed by atoms with Gasteiger partial charge in [-0.1, -0.05) is 0 Å². The Labute approximate surface area is 178 Å². The third-order valence-corrected chi connectivity index (χ3v) is 8.17. The highest BCUT2D eigenvalue weighted by Crippen LogP contribution is 2.28. The molecule has 1 fully saturated rings. The molecule has 28 heavy (non-hydrogen) atoms. The van der Waals surface area contributed by atoms with Gasteiger partial charge in [-0.05, 0) is 65.5 Å². The van der Waals surface area contributed by atoms with E-state index in [0.717, 1.165) is 44.6 Å². The number of halogens is 1. The van der Waals surface area contributed by atoms with Gasteiger partial charge in [0, 0.05) is 37.7 Å². The summed E-state index contributed by atoms with van der Waals surface area (Å²) in [6.45, 7) is 2.15. The summed E-state index contributed by atoms with van der Waals surface area (Å²) >= 11 is 4.98. The van der Waals surface area contributed by atoms with E-state index in [0.29, 0.717) is 12.1 Å². The number of carbonyl (C=O) groups excluding carboxylic acids is 1. The molecule has 9 heteroatoms. The molecule has 0 saturated carbocycles. The third-order valence-electron chi connectivity index (χ3n) is 4.74. The van der Waals surface area contributed by atoms with Gasteiger partial charge in [-0.25, -0.2) is 12.7 Å². The number of anilines is 1. The second-order valence-electron chi connectivity index (χ2n) is 6.90. The van der Waals surface area contributed by atoms with Crippen LogP contribution < -0.4 is 10.2 Å². The van der Waals surface area contributed by atoms with E-state index in [1.54, 1.807) is 23.5 Å². The summed E-state index contributed by atoms with van der Waals surface area (Å²) in [6.07, 6.45) is 3.32. The van der Waals surface area contributed by atoms with Crippen molar-refractivity contribution in [1.29, 1.82) is 0 Å². The molecule has 1 aromatic carbocycles. The monoisotopic (exact) mass is 485 g/mol. The Bertz CT molecular complexity index is 951. The number of nitrogens with zero attached hydrogens (tertiary/aromatic N) is 2. The highest BCUT2D eigenvalue weighted by molar-refractivity contribution is 9.11. The first-order chi connectivity index (χ1) is 13.3. The number of piperidine rings is 1. The van der Waals surface area contributed by atoms with Gasteiger partial charge in [-0.15, -0.1) is 11.3 Å². The van der Waals surface area contributed by atoms with Crippen LogP contribution in [0.25, 0.3) is 0 Å². The predicted octanol–water partition coefficient (Wildman–Crippen LogP) is 3.68. The molecule has 0 radical (unpaired) electrons. The zero-order chi connectivity index (χ0) is 20.3. The van der Waals surface area contributed by atoms with Crippen molar-refractivity contribution in [2.75, 3.05) is 32.1 Å². The van der Waals surface area contributed by atoms with E-state index in [1.165, 1.54) is 26.6 Å². The second-order valence-corrected chi connectivity index (χ2v) is 11.6. The fourth-order valence-corrected chi connectivity index (χ4v) is 5.54. The van der Waals surface area contributed by atoms with Crippen LogP contribution in [0, 0.1) is 0 Å². The average Bonchev–Trinajstić information content (AvgIpc) is 3.11. The van der Waals surface area contributed by atoms with Crippen LogP contribution in [-0.4, -0.2) is 45.8 Å². The smallest absolute Gasteiger partial charge is 0.253 e. The number of amides is 1. The highest BCUT2D eigenvalue weighted by atomic mass is 79.9. The maximum atomic E-state index is 13.0. The van der Waals surface area contributed by atoms with Crippen molar-refractivity contribution >= 4 is 48.9 Å². The molecule has 1 N–H and O–H groups in total. The van der Waals surface area contributed by atoms with E-state index in [4.69, 9.17) is 0 Å². The summed E-state index contributed by atoms with van der Waals surface area (Å²) in [5.41, 5.74) is 1.20. The molecule has 0 unspecified atom stereocenters. The molecule has 2 heterocycles. The zero-order valence-electron chi connectivity index (χ0n) is 15.9. The summed E-state index contributed by atoms with van der Waals surface area (Å²) in [5, 5.41) is 2.93. The molecule has 2 aromatic rings. The number of carbonyl (C=O) groups is 1. The van der Waals surface area contributed by atoms with Crippen molar-refractivity contribution in [3.8, 4) is 0 Å². The Balaban J connectivity index is 1.92. The molecular weight excluding hydrogens is 462 g/mol. The Morgan fingerprint density at radius 1 is 1.18 bits per heavy atom. The SMILES string of the molecule is CN(C)S(=O)(=O)c1ccc(N2CCCCC2)c(C(=O)NCc2ccc(Br)s2)c1. The first kappa shape index (κ1) is 21.3. The maximum Gasteiger partial charge on any atom is 0.253 e. The molecule has 1 amide bonds. The van der Waals surface area contributed by atoms with Crippen LogP contribution in [0.2, 0.25) is 0 Å². The van der Waals surface area contributed by atoms with E-state index in [1.807, 2.05) is 12.1 Å². The maximum absolute atomic E-state index is 13.0. The largest absolute Gasteiger partial charge is 0.371 e. The van der Waals surface area contributed by atoms with Crippen LogP contribution in [0.5, 0.6) is 0 Å². The molecule has 1 aliphatic heterocycles. The molecule has 6 nitrogen and oxygen atoms in total. The minimum Gasteiger partial charge on any atom is -0.371 e. The number of sulfonamides is 1. The molecular formula is C19H24BrN3O3S2. The lowest BCUT2D eigenvalue weighted by atomic mass is 10.1. The molecule has 1 aromatic heterocycles. The summed E-state index contributed by atoms with van der Waals surface area (Å²) in [7, 11) is -0.637.